The molecule has 4 heteroatoms. The zero-order chi connectivity index (χ0) is 14.5. The van der Waals surface area contributed by atoms with Crippen LogP contribution in [0.5, 0.6) is 0 Å². The summed E-state index contributed by atoms with van der Waals surface area (Å²) in [6.07, 6.45) is 5.12. The Morgan fingerprint density at radius 1 is 1.45 bits per heavy atom. The molecule has 0 amide bonds. The molecule has 0 bridgehead atoms. The van der Waals surface area contributed by atoms with Gasteiger partial charge in [0.2, 0.25) is 0 Å². The highest BCUT2D eigenvalue weighted by Crippen LogP contribution is 2.29. The third kappa shape index (κ3) is 3.29. The quantitative estimate of drug-likeness (QED) is 0.838. The summed E-state index contributed by atoms with van der Waals surface area (Å²) < 4.78 is 14.6. The lowest BCUT2D eigenvalue weighted by atomic mass is 9.92. The molecule has 1 aromatic heterocycles. The third-order valence-corrected chi connectivity index (χ3v) is 4.34. The normalized spacial score (nSPS) is 23.1. The highest BCUT2D eigenvalue weighted by Gasteiger charge is 2.28. The molecule has 1 aliphatic rings. The SMILES string of the molecule is CCCNCc1ccnc(N2CCCC(C)C2C)c1F. The van der Waals surface area contributed by atoms with Gasteiger partial charge < -0.3 is 10.2 Å². The van der Waals surface area contributed by atoms with Crippen LogP contribution < -0.4 is 10.2 Å². The van der Waals surface area contributed by atoms with Gasteiger partial charge in [-0.3, -0.25) is 0 Å². The van der Waals surface area contributed by atoms with E-state index in [0.717, 1.165) is 25.9 Å². The number of aromatic nitrogens is 1. The predicted molar refractivity (Wildman–Crippen MR) is 81.4 cm³/mol. The van der Waals surface area contributed by atoms with Crippen molar-refractivity contribution in [3.8, 4) is 0 Å². The number of nitrogens with one attached hydrogen (secondary N) is 1. The van der Waals surface area contributed by atoms with E-state index in [1.807, 2.05) is 0 Å². The summed E-state index contributed by atoms with van der Waals surface area (Å²) in [5.74, 6) is 0.962. The van der Waals surface area contributed by atoms with E-state index >= 15 is 0 Å². The maximum atomic E-state index is 14.6. The summed E-state index contributed by atoms with van der Waals surface area (Å²) >= 11 is 0. The molecule has 2 atom stereocenters. The Labute approximate surface area is 121 Å². The molecule has 0 spiro atoms. The van der Waals surface area contributed by atoms with E-state index in [9.17, 15) is 4.39 Å². The van der Waals surface area contributed by atoms with E-state index in [4.69, 9.17) is 0 Å². The molecule has 0 aromatic carbocycles. The third-order valence-electron chi connectivity index (χ3n) is 4.34. The lowest BCUT2D eigenvalue weighted by Gasteiger charge is -2.39. The molecule has 2 unspecified atom stereocenters. The van der Waals surface area contributed by atoms with Gasteiger partial charge in [0.05, 0.1) is 0 Å². The van der Waals surface area contributed by atoms with Crippen LogP contribution in [0.3, 0.4) is 0 Å². The van der Waals surface area contributed by atoms with Gasteiger partial charge in [0.1, 0.15) is 0 Å². The van der Waals surface area contributed by atoms with Gasteiger partial charge in [-0.25, -0.2) is 9.37 Å². The number of rotatable bonds is 5. The molecule has 0 aliphatic carbocycles. The molecule has 2 heterocycles. The van der Waals surface area contributed by atoms with Crippen LogP contribution in [0.2, 0.25) is 0 Å². The fourth-order valence-electron chi connectivity index (χ4n) is 2.84. The van der Waals surface area contributed by atoms with Crippen LogP contribution in [0.1, 0.15) is 45.6 Å². The minimum absolute atomic E-state index is 0.156. The van der Waals surface area contributed by atoms with Gasteiger partial charge in [-0.2, -0.15) is 0 Å². The van der Waals surface area contributed by atoms with E-state index in [1.54, 1.807) is 12.3 Å². The van der Waals surface area contributed by atoms with Gasteiger partial charge in [0.15, 0.2) is 11.6 Å². The molecular formula is C16H26FN3. The van der Waals surface area contributed by atoms with Crippen LogP contribution in [-0.2, 0) is 6.54 Å². The molecule has 1 aliphatic heterocycles. The van der Waals surface area contributed by atoms with Crippen molar-refractivity contribution >= 4 is 5.82 Å². The van der Waals surface area contributed by atoms with Crippen molar-refractivity contribution in [1.29, 1.82) is 0 Å². The van der Waals surface area contributed by atoms with E-state index in [0.29, 0.717) is 29.9 Å². The Kier molecular flexibility index (Phi) is 5.35. The first-order valence-electron chi connectivity index (χ1n) is 7.75. The van der Waals surface area contributed by atoms with Crippen molar-refractivity contribution in [1.82, 2.24) is 10.3 Å². The summed E-state index contributed by atoms with van der Waals surface area (Å²) in [5, 5.41) is 3.26. The second-order valence-corrected chi connectivity index (χ2v) is 5.84. The number of hydrogen-bond donors (Lipinski definition) is 1. The molecular weight excluding hydrogens is 253 g/mol. The molecule has 0 radical (unpaired) electrons. The van der Waals surface area contributed by atoms with Crippen LogP contribution in [0.15, 0.2) is 12.3 Å². The van der Waals surface area contributed by atoms with E-state index < -0.39 is 0 Å². The fraction of sp³-hybridized carbons (Fsp3) is 0.688. The molecule has 20 heavy (non-hydrogen) atoms. The van der Waals surface area contributed by atoms with E-state index in [-0.39, 0.29) is 5.82 Å². The van der Waals surface area contributed by atoms with Gasteiger partial charge in [-0.15, -0.1) is 0 Å². The first-order valence-corrected chi connectivity index (χ1v) is 7.75. The second-order valence-electron chi connectivity index (χ2n) is 5.84. The highest BCUT2D eigenvalue weighted by molar-refractivity contribution is 5.44. The lowest BCUT2D eigenvalue weighted by Crippen LogP contribution is -2.43. The Morgan fingerprint density at radius 2 is 2.25 bits per heavy atom. The second kappa shape index (κ2) is 7.02. The molecule has 1 saturated heterocycles. The van der Waals surface area contributed by atoms with Gasteiger partial charge in [0.25, 0.3) is 0 Å². The predicted octanol–water partition coefficient (Wildman–Crippen LogP) is 3.35. The molecule has 1 N–H and O–H groups in total. The van der Waals surface area contributed by atoms with Crippen LogP contribution in [0, 0.1) is 11.7 Å². The first kappa shape index (κ1) is 15.2. The Morgan fingerprint density at radius 3 is 3.00 bits per heavy atom. The van der Waals surface area contributed by atoms with Crippen LogP contribution in [0.4, 0.5) is 10.2 Å². The molecule has 0 saturated carbocycles. The summed E-state index contributed by atoms with van der Waals surface area (Å²) in [5.41, 5.74) is 0.717. The minimum atomic E-state index is -0.156. The zero-order valence-corrected chi connectivity index (χ0v) is 12.8. The largest absolute Gasteiger partial charge is 0.351 e. The summed E-state index contributed by atoms with van der Waals surface area (Å²) in [4.78, 5) is 6.43. The number of pyridine rings is 1. The van der Waals surface area contributed by atoms with Crippen molar-refractivity contribution < 1.29 is 4.39 Å². The van der Waals surface area contributed by atoms with Crippen molar-refractivity contribution in [2.24, 2.45) is 5.92 Å². The molecule has 1 aromatic rings. The number of piperidine rings is 1. The Hall–Kier alpha value is -1.16. The average Bonchev–Trinajstić information content (AvgIpc) is 2.44. The van der Waals surface area contributed by atoms with E-state index in [1.165, 1.54) is 6.42 Å². The monoisotopic (exact) mass is 279 g/mol. The number of anilines is 1. The first-order chi connectivity index (χ1) is 9.65. The van der Waals surface area contributed by atoms with Gasteiger partial charge >= 0.3 is 0 Å². The van der Waals surface area contributed by atoms with Crippen molar-refractivity contribution in [3.05, 3.63) is 23.6 Å². The number of halogens is 1. The number of nitrogens with zero attached hydrogens (tertiary/aromatic N) is 2. The zero-order valence-electron chi connectivity index (χ0n) is 12.8. The topological polar surface area (TPSA) is 28.2 Å². The Balaban J connectivity index is 2.17. The highest BCUT2D eigenvalue weighted by atomic mass is 19.1. The fourth-order valence-corrected chi connectivity index (χ4v) is 2.84. The molecule has 112 valence electrons. The van der Waals surface area contributed by atoms with Gasteiger partial charge in [-0.1, -0.05) is 13.8 Å². The summed E-state index contributed by atoms with van der Waals surface area (Å²) in [6, 6.07) is 2.13. The van der Waals surface area contributed by atoms with Crippen LogP contribution >= 0.6 is 0 Å². The minimum Gasteiger partial charge on any atom is -0.351 e. The number of hydrogen-bond acceptors (Lipinski definition) is 3. The van der Waals surface area contributed by atoms with Gasteiger partial charge in [0, 0.05) is 30.9 Å². The van der Waals surface area contributed by atoms with Gasteiger partial charge in [-0.05, 0) is 44.7 Å². The summed E-state index contributed by atoms with van der Waals surface area (Å²) in [7, 11) is 0. The molecule has 2 rings (SSSR count). The van der Waals surface area contributed by atoms with Crippen molar-refractivity contribution in [2.45, 2.75) is 52.6 Å². The molecule has 3 nitrogen and oxygen atoms in total. The van der Waals surface area contributed by atoms with Crippen LogP contribution in [0.25, 0.3) is 0 Å². The van der Waals surface area contributed by atoms with Crippen LogP contribution in [-0.4, -0.2) is 24.1 Å². The maximum Gasteiger partial charge on any atom is 0.170 e. The van der Waals surface area contributed by atoms with Crippen molar-refractivity contribution in [3.63, 3.8) is 0 Å². The lowest BCUT2D eigenvalue weighted by molar-refractivity contribution is 0.357. The standard InChI is InChI=1S/C16H26FN3/c1-4-8-18-11-14-7-9-19-16(15(14)17)20-10-5-6-12(2)13(20)3/h7,9,12-13,18H,4-6,8,10-11H2,1-3H3. The average molecular weight is 279 g/mol. The van der Waals surface area contributed by atoms with Crippen molar-refractivity contribution in [2.75, 3.05) is 18.0 Å². The summed E-state index contributed by atoms with van der Waals surface area (Å²) in [6.45, 7) is 8.91. The van der Waals surface area contributed by atoms with E-state index in [2.05, 4.69) is 36.0 Å². The smallest absolute Gasteiger partial charge is 0.170 e. The molecule has 1 fully saturated rings. The Bertz CT molecular complexity index is 436. The maximum absolute atomic E-state index is 14.6.